The molecule has 0 atom stereocenters. The predicted octanol–water partition coefficient (Wildman–Crippen LogP) is 2.16. The average Bonchev–Trinajstić information content (AvgIpc) is 2.03. The molecule has 0 amide bonds. The molecule has 1 radical (unpaired) electrons. The molecular weight excluding hydrogens is 176 g/mol. The third kappa shape index (κ3) is 2.55. The molecule has 0 aromatic heterocycles. The normalized spacial score (nSPS) is 9.75. The summed E-state index contributed by atoms with van der Waals surface area (Å²) in [5.74, 6) is -0.807. The lowest BCUT2D eigenvalue weighted by Crippen LogP contribution is -1.97. The van der Waals surface area contributed by atoms with Crippen molar-refractivity contribution in [2.75, 3.05) is 0 Å². The van der Waals surface area contributed by atoms with Gasteiger partial charge < -0.3 is 5.11 Å². The van der Waals surface area contributed by atoms with Crippen molar-refractivity contribution in [2.24, 2.45) is 0 Å². The van der Waals surface area contributed by atoms with Crippen molar-refractivity contribution in [3.8, 4) is 0 Å². The van der Waals surface area contributed by atoms with Gasteiger partial charge in [-0.2, -0.15) is 0 Å². The van der Waals surface area contributed by atoms with Gasteiger partial charge in [0.05, 0.1) is 0 Å². The van der Waals surface area contributed by atoms with Crippen LogP contribution in [0.5, 0.6) is 0 Å². The number of carbonyl (C=O) groups is 1. The Hall–Kier alpha value is -1.02. The molecule has 0 unspecified atom stereocenters. The van der Waals surface area contributed by atoms with E-state index in [-0.39, 0.29) is 6.42 Å². The second-order valence-corrected chi connectivity index (χ2v) is 2.82. The van der Waals surface area contributed by atoms with E-state index in [2.05, 4.69) is 6.07 Å². The van der Waals surface area contributed by atoms with Crippen molar-refractivity contribution >= 4 is 17.6 Å². The van der Waals surface area contributed by atoms with E-state index in [0.717, 1.165) is 5.56 Å². The molecule has 3 heteroatoms. The van der Waals surface area contributed by atoms with Crippen molar-refractivity contribution in [1.29, 1.82) is 0 Å². The number of carboxylic acid groups (broad SMARTS) is 1. The van der Waals surface area contributed by atoms with Gasteiger partial charge >= 0.3 is 5.97 Å². The molecule has 0 fully saturated rings. The van der Waals surface area contributed by atoms with E-state index in [4.69, 9.17) is 16.7 Å². The van der Waals surface area contributed by atoms with Gasteiger partial charge in [0, 0.05) is 11.4 Å². The lowest BCUT2D eigenvalue weighted by molar-refractivity contribution is -0.136. The van der Waals surface area contributed by atoms with Gasteiger partial charge in [0.25, 0.3) is 0 Å². The minimum absolute atomic E-state index is 0.115. The highest BCUT2D eigenvalue weighted by atomic mass is 35.5. The summed E-state index contributed by atoms with van der Waals surface area (Å²) in [6.07, 6.45) is 0.590. The maximum atomic E-state index is 10.2. The Morgan fingerprint density at radius 1 is 1.67 bits per heavy atom. The van der Waals surface area contributed by atoms with Crippen LogP contribution in [-0.4, -0.2) is 11.1 Å². The Kier molecular flexibility index (Phi) is 3.11. The first-order valence-electron chi connectivity index (χ1n) is 3.56. The first kappa shape index (κ1) is 9.07. The van der Waals surface area contributed by atoms with Gasteiger partial charge in [-0.1, -0.05) is 23.7 Å². The molecule has 63 valence electrons. The maximum absolute atomic E-state index is 10.2. The molecule has 2 nitrogen and oxygen atoms in total. The van der Waals surface area contributed by atoms with Gasteiger partial charge in [-0.25, -0.2) is 0 Å². The van der Waals surface area contributed by atoms with Crippen LogP contribution in [0, 0.1) is 6.07 Å². The highest BCUT2D eigenvalue weighted by Gasteiger charge is 2.01. The van der Waals surface area contributed by atoms with Crippen molar-refractivity contribution in [3.05, 3.63) is 34.9 Å². The van der Waals surface area contributed by atoms with E-state index < -0.39 is 5.97 Å². The van der Waals surface area contributed by atoms with E-state index in [9.17, 15) is 4.79 Å². The molecule has 1 rings (SSSR count). The van der Waals surface area contributed by atoms with Gasteiger partial charge in [-0.3, -0.25) is 4.79 Å². The molecule has 1 aromatic rings. The molecule has 0 bridgehead atoms. The number of benzene rings is 1. The molecule has 0 aliphatic carbocycles. The fraction of sp³-hybridized carbons (Fsp3) is 0.222. The standard InChI is InChI=1S/C9H8ClO2/c10-8-4-2-1-3-7(8)5-6-9(11)12/h1,3-4H,5-6H2,(H,11,12). The number of hydrogen-bond donors (Lipinski definition) is 1. The van der Waals surface area contributed by atoms with Gasteiger partial charge in [-0.05, 0) is 24.1 Å². The SMILES string of the molecule is O=C(O)CCc1cc[c]cc1Cl. The summed E-state index contributed by atoms with van der Waals surface area (Å²) in [7, 11) is 0. The fourth-order valence-corrected chi connectivity index (χ4v) is 1.11. The Bertz CT molecular complexity index is 284. The van der Waals surface area contributed by atoms with Crippen LogP contribution in [0.25, 0.3) is 0 Å². The predicted molar refractivity (Wildman–Crippen MR) is 46.2 cm³/mol. The number of halogens is 1. The summed E-state index contributed by atoms with van der Waals surface area (Å²) in [5, 5.41) is 9.00. The molecule has 1 aromatic carbocycles. The minimum atomic E-state index is -0.807. The molecule has 0 spiro atoms. The zero-order chi connectivity index (χ0) is 8.97. The van der Waals surface area contributed by atoms with Gasteiger partial charge in [0.15, 0.2) is 0 Å². The van der Waals surface area contributed by atoms with Crippen molar-refractivity contribution < 1.29 is 9.90 Å². The number of carboxylic acids is 1. The molecular formula is C9H8ClO2. The van der Waals surface area contributed by atoms with E-state index in [1.54, 1.807) is 18.2 Å². The molecule has 12 heavy (non-hydrogen) atoms. The smallest absolute Gasteiger partial charge is 0.303 e. The van der Waals surface area contributed by atoms with Gasteiger partial charge in [0.1, 0.15) is 0 Å². The summed E-state index contributed by atoms with van der Waals surface area (Å²) in [5.41, 5.74) is 0.859. The van der Waals surface area contributed by atoms with Gasteiger partial charge in [-0.15, -0.1) is 0 Å². The maximum Gasteiger partial charge on any atom is 0.303 e. The molecule has 0 aliphatic heterocycles. The van der Waals surface area contributed by atoms with Crippen LogP contribution in [0.3, 0.4) is 0 Å². The number of rotatable bonds is 3. The first-order valence-corrected chi connectivity index (χ1v) is 3.94. The number of aliphatic carboxylic acids is 1. The zero-order valence-corrected chi connectivity index (χ0v) is 7.14. The summed E-state index contributed by atoms with van der Waals surface area (Å²) >= 11 is 5.78. The summed E-state index contributed by atoms with van der Waals surface area (Å²) in [6.45, 7) is 0. The van der Waals surface area contributed by atoms with Gasteiger partial charge in [0.2, 0.25) is 0 Å². The highest BCUT2D eigenvalue weighted by molar-refractivity contribution is 6.31. The fourth-order valence-electron chi connectivity index (χ4n) is 0.887. The summed E-state index contributed by atoms with van der Waals surface area (Å²) in [4.78, 5) is 10.2. The lowest BCUT2D eigenvalue weighted by atomic mass is 10.1. The zero-order valence-electron chi connectivity index (χ0n) is 6.38. The Balaban J connectivity index is 2.63. The van der Waals surface area contributed by atoms with Crippen LogP contribution in [0.2, 0.25) is 5.02 Å². The van der Waals surface area contributed by atoms with Crippen molar-refractivity contribution in [2.45, 2.75) is 12.8 Å². The summed E-state index contributed by atoms with van der Waals surface area (Å²) in [6, 6.07) is 7.96. The monoisotopic (exact) mass is 183 g/mol. The lowest BCUT2D eigenvalue weighted by Gasteiger charge is -1.99. The molecule has 0 heterocycles. The topological polar surface area (TPSA) is 37.3 Å². The molecule has 0 aliphatic rings. The first-order chi connectivity index (χ1) is 5.70. The van der Waals surface area contributed by atoms with E-state index >= 15 is 0 Å². The van der Waals surface area contributed by atoms with Crippen LogP contribution in [-0.2, 0) is 11.2 Å². The molecule has 1 N–H and O–H groups in total. The van der Waals surface area contributed by atoms with Crippen LogP contribution in [0.4, 0.5) is 0 Å². The van der Waals surface area contributed by atoms with Crippen LogP contribution < -0.4 is 0 Å². The highest BCUT2D eigenvalue weighted by Crippen LogP contribution is 2.15. The van der Waals surface area contributed by atoms with E-state index in [1.807, 2.05) is 0 Å². The van der Waals surface area contributed by atoms with Crippen LogP contribution in [0.1, 0.15) is 12.0 Å². The second kappa shape index (κ2) is 4.12. The summed E-state index contributed by atoms with van der Waals surface area (Å²) < 4.78 is 0. The second-order valence-electron chi connectivity index (χ2n) is 2.41. The van der Waals surface area contributed by atoms with E-state index in [1.165, 1.54) is 0 Å². The third-order valence-electron chi connectivity index (χ3n) is 1.51. The van der Waals surface area contributed by atoms with Crippen molar-refractivity contribution in [3.63, 3.8) is 0 Å². The molecule has 0 saturated heterocycles. The van der Waals surface area contributed by atoms with Crippen LogP contribution in [0.15, 0.2) is 18.2 Å². The van der Waals surface area contributed by atoms with E-state index in [0.29, 0.717) is 11.4 Å². The average molecular weight is 184 g/mol. The largest absolute Gasteiger partial charge is 0.481 e. The number of hydrogen-bond acceptors (Lipinski definition) is 1. The minimum Gasteiger partial charge on any atom is -0.481 e. The Morgan fingerprint density at radius 3 is 3.00 bits per heavy atom. The van der Waals surface area contributed by atoms with Crippen molar-refractivity contribution in [1.82, 2.24) is 0 Å². The quantitative estimate of drug-likeness (QED) is 0.780. The van der Waals surface area contributed by atoms with Crippen LogP contribution >= 0.6 is 11.6 Å². The third-order valence-corrected chi connectivity index (χ3v) is 1.86. The Labute approximate surface area is 75.8 Å². The number of aryl methyl sites for hydroxylation is 1. The Morgan fingerprint density at radius 2 is 2.42 bits per heavy atom. The molecule has 0 saturated carbocycles.